The van der Waals surface area contributed by atoms with Crippen LogP contribution in [0.15, 0.2) is 18.2 Å². The summed E-state index contributed by atoms with van der Waals surface area (Å²) in [4.78, 5) is 45.9. The standard InChI is InChI=1S/C12H11N3O5/c13-12(20)14-9(16)5-15-8-3-7(11(18)19)2-1-6(8)4-10(15)17/h1-3H,4-5H2,(H,18,19)(H3,13,14,16,20). The molecule has 4 N–H and O–H groups in total. The second-order valence-corrected chi connectivity index (χ2v) is 4.22. The van der Waals surface area contributed by atoms with Gasteiger partial charge in [0.05, 0.1) is 12.0 Å². The van der Waals surface area contributed by atoms with Gasteiger partial charge in [-0.2, -0.15) is 0 Å². The van der Waals surface area contributed by atoms with Crippen molar-refractivity contribution < 1.29 is 24.3 Å². The zero-order chi connectivity index (χ0) is 14.9. The van der Waals surface area contributed by atoms with E-state index in [4.69, 9.17) is 10.8 Å². The van der Waals surface area contributed by atoms with Gasteiger partial charge in [0.25, 0.3) is 0 Å². The minimum absolute atomic E-state index is 0.0127. The zero-order valence-corrected chi connectivity index (χ0v) is 10.3. The summed E-state index contributed by atoms with van der Waals surface area (Å²) in [5.74, 6) is -2.21. The van der Waals surface area contributed by atoms with Crippen molar-refractivity contribution in [2.45, 2.75) is 6.42 Å². The summed E-state index contributed by atoms with van der Waals surface area (Å²) in [5, 5.41) is 10.8. The smallest absolute Gasteiger partial charge is 0.335 e. The monoisotopic (exact) mass is 277 g/mol. The largest absolute Gasteiger partial charge is 0.478 e. The van der Waals surface area contributed by atoms with Crippen LogP contribution in [0.4, 0.5) is 10.5 Å². The van der Waals surface area contributed by atoms with E-state index in [0.717, 1.165) is 4.90 Å². The first-order chi connectivity index (χ1) is 9.38. The van der Waals surface area contributed by atoms with Crippen LogP contribution >= 0.6 is 0 Å². The predicted molar refractivity (Wildman–Crippen MR) is 67.2 cm³/mol. The number of carbonyl (C=O) groups excluding carboxylic acids is 3. The molecule has 0 fully saturated rings. The average Bonchev–Trinajstić information content (AvgIpc) is 2.64. The SMILES string of the molecule is NC(=O)NC(=O)CN1C(=O)Cc2ccc(C(=O)O)cc21. The fraction of sp³-hybridized carbons (Fsp3) is 0.167. The number of nitrogens with one attached hydrogen (secondary N) is 1. The fourth-order valence-electron chi connectivity index (χ4n) is 1.98. The molecule has 1 aromatic rings. The van der Waals surface area contributed by atoms with Crippen molar-refractivity contribution in [3.63, 3.8) is 0 Å². The van der Waals surface area contributed by atoms with Crippen molar-refractivity contribution in [2.24, 2.45) is 5.73 Å². The third kappa shape index (κ3) is 2.58. The van der Waals surface area contributed by atoms with Gasteiger partial charge in [0.2, 0.25) is 11.8 Å². The van der Waals surface area contributed by atoms with Crippen molar-refractivity contribution in [1.82, 2.24) is 5.32 Å². The van der Waals surface area contributed by atoms with Gasteiger partial charge in [-0.3, -0.25) is 14.9 Å². The molecule has 1 aromatic carbocycles. The Balaban J connectivity index is 2.26. The van der Waals surface area contributed by atoms with E-state index in [2.05, 4.69) is 0 Å². The van der Waals surface area contributed by atoms with E-state index in [1.807, 2.05) is 5.32 Å². The van der Waals surface area contributed by atoms with Crippen molar-refractivity contribution in [3.8, 4) is 0 Å². The van der Waals surface area contributed by atoms with Gasteiger partial charge in [0, 0.05) is 5.69 Å². The summed E-state index contributed by atoms with van der Waals surface area (Å²) in [5.41, 5.74) is 5.81. The van der Waals surface area contributed by atoms with Crippen LogP contribution < -0.4 is 16.0 Å². The molecule has 4 amide bonds. The van der Waals surface area contributed by atoms with Crippen LogP contribution in [0.2, 0.25) is 0 Å². The molecule has 104 valence electrons. The highest BCUT2D eigenvalue weighted by molar-refractivity contribution is 6.07. The Bertz CT molecular complexity index is 626. The lowest BCUT2D eigenvalue weighted by Crippen LogP contribution is -2.43. The number of rotatable bonds is 3. The Morgan fingerprint density at radius 2 is 2.05 bits per heavy atom. The molecule has 8 nitrogen and oxygen atoms in total. The molecule has 0 aromatic heterocycles. The molecule has 1 aliphatic heterocycles. The Labute approximate surface area is 113 Å². The number of nitrogens with zero attached hydrogens (tertiary/aromatic N) is 1. The van der Waals surface area contributed by atoms with Crippen LogP contribution in [0.1, 0.15) is 15.9 Å². The molecule has 2 rings (SSSR count). The number of hydrogen-bond donors (Lipinski definition) is 3. The molecular formula is C12H11N3O5. The number of fused-ring (bicyclic) bond motifs is 1. The molecule has 0 spiro atoms. The van der Waals surface area contributed by atoms with Crippen LogP contribution in [0.5, 0.6) is 0 Å². The van der Waals surface area contributed by atoms with E-state index in [0.29, 0.717) is 11.3 Å². The summed E-state index contributed by atoms with van der Waals surface area (Å²) in [6.07, 6.45) is 0.0824. The minimum Gasteiger partial charge on any atom is -0.478 e. The van der Waals surface area contributed by atoms with Crippen LogP contribution in [0, 0.1) is 0 Å². The summed E-state index contributed by atoms with van der Waals surface area (Å²) in [7, 11) is 0. The quantitative estimate of drug-likeness (QED) is 0.683. The Hall–Kier alpha value is -2.90. The first-order valence-corrected chi connectivity index (χ1v) is 5.64. The molecule has 0 unspecified atom stereocenters. The summed E-state index contributed by atoms with van der Waals surface area (Å²) in [6.45, 7) is -0.391. The molecule has 0 saturated heterocycles. The molecule has 0 bridgehead atoms. The first kappa shape index (κ1) is 13.5. The summed E-state index contributed by atoms with van der Waals surface area (Å²) < 4.78 is 0. The number of carboxylic acid groups (broad SMARTS) is 1. The lowest BCUT2D eigenvalue weighted by atomic mass is 10.1. The van der Waals surface area contributed by atoms with Gasteiger partial charge in [0.1, 0.15) is 6.54 Å². The summed E-state index contributed by atoms with van der Waals surface area (Å²) in [6, 6.07) is 3.23. The number of anilines is 1. The van der Waals surface area contributed by atoms with Gasteiger partial charge in [-0.15, -0.1) is 0 Å². The Morgan fingerprint density at radius 3 is 2.65 bits per heavy atom. The topological polar surface area (TPSA) is 130 Å². The number of amides is 4. The number of benzene rings is 1. The second-order valence-electron chi connectivity index (χ2n) is 4.22. The van der Waals surface area contributed by atoms with Crippen molar-refractivity contribution in [2.75, 3.05) is 11.4 Å². The number of carboxylic acids is 1. The third-order valence-electron chi connectivity index (χ3n) is 2.83. The lowest BCUT2D eigenvalue weighted by Gasteiger charge is -2.16. The number of aromatic carboxylic acids is 1. The van der Waals surface area contributed by atoms with Gasteiger partial charge in [-0.1, -0.05) is 6.07 Å². The zero-order valence-electron chi connectivity index (χ0n) is 10.3. The number of imide groups is 1. The van der Waals surface area contributed by atoms with E-state index in [1.165, 1.54) is 18.2 Å². The van der Waals surface area contributed by atoms with Gasteiger partial charge in [-0.05, 0) is 17.7 Å². The van der Waals surface area contributed by atoms with Gasteiger partial charge >= 0.3 is 12.0 Å². The number of carbonyl (C=O) groups is 4. The first-order valence-electron chi connectivity index (χ1n) is 5.64. The van der Waals surface area contributed by atoms with Crippen molar-refractivity contribution in [1.29, 1.82) is 0 Å². The molecule has 0 saturated carbocycles. The molecule has 0 atom stereocenters. The number of nitrogens with two attached hydrogens (primary N) is 1. The Morgan fingerprint density at radius 1 is 1.35 bits per heavy atom. The van der Waals surface area contributed by atoms with Gasteiger partial charge in [-0.25, -0.2) is 9.59 Å². The fourth-order valence-corrected chi connectivity index (χ4v) is 1.98. The van der Waals surface area contributed by atoms with Gasteiger partial charge < -0.3 is 15.7 Å². The third-order valence-corrected chi connectivity index (χ3v) is 2.83. The van der Waals surface area contributed by atoms with E-state index >= 15 is 0 Å². The number of urea groups is 1. The lowest BCUT2D eigenvalue weighted by molar-refractivity contribution is -0.122. The van der Waals surface area contributed by atoms with Gasteiger partial charge in [0.15, 0.2) is 0 Å². The van der Waals surface area contributed by atoms with E-state index in [1.54, 1.807) is 0 Å². The maximum absolute atomic E-state index is 11.8. The molecule has 8 heteroatoms. The van der Waals surface area contributed by atoms with Crippen LogP contribution in [0.3, 0.4) is 0 Å². The predicted octanol–water partition coefficient (Wildman–Crippen LogP) is -0.531. The van der Waals surface area contributed by atoms with Crippen LogP contribution in [0.25, 0.3) is 0 Å². The highest BCUT2D eigenvalue weighted by atomic mass is 16.4. The molecular weight excluding hydrogens is 266 g/mol. The molecule has 0 aliphatic carbocycles. The van der Waals surface area contributed by atoms with Crippen molar-refractivity contribution >= 4 is 29.5 Å². The number of hydrogen-bond acceptors (Lipinski definition) is 4. The summed E-state index contributed by atoms with van der Waals surface area (Å²) >= 11 is 0. The molecule has 0 radical (unpaired) electrons. The molecule has 1 aliphatic rings. The highest BCUT2D eigenvalue weighted by Gasteiger charge is 2.29. The van der Waals surface area contributed by atoms with Crippen LogP contribution in [-0.2, 0) is 16.0 Å². The van der Waals surface area contributed by atoms with Crippen molar-refractivity contribution in [3.05, 3.63) is 29.3 Å². The van der Waals surface area contributed by atoms with E-state index < -0.39 is 24.5 Å². The van der Waals surface area contributed by atoms with E-state index in [9.17, 15) is 19.2 Å². The normalized spacial score (nSPS) is 13.0. The highest BCUT2D eigenvalue weighted by Crippen LogP contribution is 2.29. The molecule has 1 heterocycles. The Kier molecular flexibility index (Phi) is 3.38. The average molecular weight is 277 g/mol. The van der Waals surface area contributed by atoms with E-state index in [-0.39, 0.29) is 17.9 Å². The molecule has 20 heavy (non-hydrogen) atoms. The maximum Gasteiger partial charge on any atom is 0.335 e. The minimum atomic E-state index is -1.13. The van der Waals surface area contributed by atoms with Crippen LogP contribution in [-0.4, -0.2) is 35.5 Å². The number of primary amides is 1. The second kappa shape index (κ2) is 5.00. The maximum atomic E-state index is 11.8.